The molecule has 1 unspecified atom stereocenters. The number of terminal acetylenes is 1. The van der Waals surface area contributed by atoms with Crippen LogP contribution < -0.4 is 5.32 Å². The minimum absolute atomic E-state index is 0.0239. The molecule has 0 saturated heterocycles. The van der Waals surface area contributed by atoms with Crippen molar-refractivity contribution in [3.8, 4) is 12.3 Å². The Hall–Kier alpha value is -1.75. The smallest absolute Gasteiger partial charge is 0.227 e. The van der Waals surface area contributed by atoms with E-state index in [2.05, 4.69) is 18.2 Å². The first kappa shape index (κ1) is 12.3. The van der Waals surface area contributed by atoms with E-state index in [1.54, 1.807) is 0 Å². The zero-order chi connectivity index (χ0) is 12.0. The normalized spacial score (nSPS) is 11.6. The fraction of sp³-hybridized carbons (Fsp3) is 0.357. The minimum atomic E-state index is 0.0239. The summed E-state index contributed by atoms with van der Waals surface area (Å²) in [7, 11) is 0. The maximum Gasteiger partial charge on any atom is 0.227 e. The molecule has 0 aliphatic rings. The van der Waals surface area contributed by atoms with Gasteiger partial charge in [-0.15, -0.1) is 6.42 Å². The average Bonchev–Trinajstić information content (AvgIpc) is 2.30. The zero-order valence-corrected chi connectivity index (χ0v) is 9.79. The Bertz CT molecular complexity index is 403. The Morgan fingerprint density at radius 2 is 2.19 bits per heavy atom. The third-order valence-electron chi connectivity index (χ3n) is 2.51. The van der Waals surface area contributed by atoms with Crippen molar-refractivity contribution < 1.29 is 4.79 Å². The van der Waals surface area contributed by atoms with E-state index >= 15 is 0 Å². The highest BCUT2D eigenvalue weighted by atomic mass is 16.1. The van der Waals surface area contributed by atoms with Gasteiger partial charge in [0.05, 0.1) is 5.69 Å². The van der Waals surface area contributed by atoms with Gasteiger partial charge in [-0.2, -0.15) is 0 Å². The highest BCUT2D eigenvalue weighted by molar-refractivity contribution is 5.93. The van der Waals surface area contributed by atoms with Gasteiger partial charge >= 0.3 is 0 Å². The van der Waals surface area contributed by atoms with Crippen molar-refractivity contribution in [1.82, 2.24) is 0 Å². The van der Waals surface area contributed by atoms with Crippen LogP contribution in [0.1, 0.15) is 32.3 Å². The van der Waals surface area contributed by atoms with Crippen LogP contribution in [0.15, 0.2) is 24.3 Å². The third-order valence-corrected chi connectivity index (χ3v) is 2.51. The van der Waals surface area contributed by atoms with E-state index in [-0.39, 0.29) is 11.8 Å². The molecule has 2 heteroatoms. The van der Waals surface area contributed by atoms with Crippen molar-refractivity contribution in [2.24, 2.45) is 5.92 Å². The summed E-state index contributed by atoms with van der Waals surface area (Å²) >= 11 is 0. The third kappa shape index (κ3) is 3.13. The molecular weight excluding hydrogens is 198 g/mol. The van der Waals surface area contributed by atoms with E-state index in [0.29, 0.717) is 0 Å². The van der Waals surface area contributed by atoms with Crippen LogP contribution in [0.25, 0.3) is 0 Å². The summed E-state index contributed by atoms with van der Waals surface area (Å²) in [6.45, 7) is 4.00. The van der Waals surface area contributed by atoms with Crippen LogP contribution in [-0.2, 0) is 4.79 Å². The molecule has 0 heterocycles. The average molecular weight is 215 g/mol. The van der Waals surface area contributed by atoms with Gasteiger partial charge in [0.1, 0.15) is 0 Å². The molecule has 0 saturated carbocycles. The van der Waals surface area contributed by atoms with Gasteiger partial charge in [0.25, 0.3) is 0 Å². The molecule has 1 N–H and O–H groups in total. The standard InChI is InChI=1S/C14H17NO/c1-4-8-11(3)14(16)15-13-10-7-6-9-12(13)5-2/h2,6-7,9-11H,4,8H2,1,3H3,(H,15,16). The molecule has 2 nitrogen and oxygen atoms in total. The predicted molar refractivity (Wildman–Crippen MR) is 67.1 cm³/mol. The zero-order valence-electron chi connectivity index (χ0n) is 9.79. The van der Waals surface area contributed by atoms with Gasteiger partial charge in [0, 0.05) is 11.5 Å². The highest BCUT2D eigenvalue weighted by Crippen LogP contribution is 2.15. The molecule has 1 atom stereocenters. The summed E-state index contributed by atoms with van der Waals surface area (Å²) in [6.07, 6.45) is 7.26. The topological polar surface area (TPSA) is 29.1 Å². The van der Waals surface area contributed by atoms with Crippen molar-refractivity contribution in [3.05, 3.63) is 29.8 Å². The van der Waals surface area contributed by atoms with Gasteiger partial charge in [-0.3, -0.25) is 4.79 Å². The number of anilines is 1. The Balaban J connectivity index is 2.74. The number of carbonyl (C=O) groups excluding carboxylic acids is 1. The summed E-state index contributed by atoms with van der Waals surface area (Å²) in [5.74, 6) is 2.61. The van der Waals surface area contributed by atoms with Gasteiger partial charge in [0.2, 0.25) is 5.91 Å². The Morgan fingerprint density at radius 3 is 2.81 bits per heavy atom. The molecule has 16 heavy (non-hydrogen) atoms. The van der Waals surface area contributed by atoms with Gasteiger partial charge in [-0.1, -0.05) is 38.3 Å². The Labute approximate surface area is 97.1 Å². The van der Waals surface area contributed by atoms with Crippen LogP contribution in [0.2, 0.25) is 0 Å². The molecule has 0 aliphatic heterocycles. The van der Waals surface area contributed by atoms with E-state index in [9.17, 15) is 4.79 Å². The van der Waals surface area contributed by atoms with E-state index in [1.807, 2.05) is 31.2 Å². The predicted octanol–water partition coefficient (Wildman–Crippen LogP) is 3.04. The van der Waals surface area contributed by atoms with Crippen LogP contribution in [0.5, 0.6) is 0 Å². The summed E-state index contributed by atoms with van der Waals surface area (Å²) in [6, 6.07) is 7.37. The van der Waals surface area contributed by atoms with Crippen molar-refractivity contribution in [3.63, 3.8) is 0 Å². The maximum absolute atomic E-state index is 11.8. The van der Waals surface area contributed by atoms with E-state index in [4.69, 9.17) is 6.42 Å². The molecule has 0 aliphatic carbocycles. The van der Waals surface area contributed by atoms with E-state index in [1.165, 1.54) is 0 Å². The van der Waals surface area contributed by atoms with Crippen LogP contribution >= 0.6 is 0 Å². The van der Waals surface area contributed by atoms with Crippen LogP contribution in [0.3, 0.4) is 0 Å². The first-order chi connectivity index (χ1) is 7.69. The Morgan fingerprint density at radius 1 is 1.50 bits per heavy atom. The monoisotopic (exact) mass is 215 g/mol. The largest absolute Gasteiger partial charge is 0.325 e. The van der Waals surface area contributed by atoms with Gasteiger partial charge in [-0.25, -0.2) is 0 Å². The number of carbonyl (C=O) groups is 1. The quantitative estimate of drug-likeness (QED) is 0.768. The first-order valence-electron chi connectivity index (χ1n) is 5.55. The van der Waals surface area contributed by atoms with Crippen molar-refractivity contribution >= 4 is 11.6 Å². The molecule has 1 rings (SSSR count). The molecule has 0 bridgehead atoms. The fourth-order valence-electron chi connectivity index (χ4n) is 1.54. The number of nitrogens with one attached hydrogen (secondary N) is 1. The van der Waals surface area contributed by atoms with Crippen LogP contribution in [0, 0.1) is 18.3 Å². The van der Waals surface area contributed by atoms with Crippen molar-refractivity contribution in [2.45, 2.75) is 26.7 Å². The summed E-state index contributed by atoms with van der Waals surface area (Å²) in [5.41, 5.74) is 1.44. The second-order valence-electron chi connectivity index (χ2n) is 3.87. The maximum atomic E-state index is 11.8. The molecule has 0 radical (unpaired) electrons. The number of hydrogen-bond donors (Lipinski definition) is 1. The first-order valence-corrected chi connectivity index (χ1v) is 5.55. The molecule has 0 fully saturated rings. The molecule has 1 aromatic rings. The van der Waals surface area contributed by atoms with Gasteiger partial charge in [-0.05, 0) is 18.6 Å². The lowest BCUT2D eigenvalue weighted by Crippen LogP contribution is -2.20. The van der Waals surface area contributed by atoms with Gasteiger partial charge in [0.15, 0.2) is 0 Å². The number of hydrogen-bond acceptors (Lipinski definition) is 1. The van der Waals surface area contributed by atoms with Crippen LogP contribution in [0.4, 0.5) is 5.69 Å². The molecule has 0 spiro atoms. The lowest BCUT2D eigenvalue weighted by Gasteiger charge is -2.12. The van der Waals surface area contributed by atoms with Crippen molar-refractivity contribution in [2.75, 3.05) is 5.32 Å². The number of amides is 1. The molecule has 0 aromatic heterocycles. The summed E-state index contributed by atoms with van der Waals surface area (Å²) in [4.78, 5) is 11.8. The minimum Gasteiger partial charge on any atom is -0.325 e. The van der Waals surface area contributed by atoms with Crippen molar-refractivity contribution in [1.29, 1.82) is 0 Å². The van der Waals surface area contributed by atoms with Gasteiger partial charge < -0.3 is 5.32 Å². The number of para-hydroxylation sites is 1. The Kier molecular flexibility index (Phi) is 4.60. The summed E-state index contributed by atoms with van der Waals surface area (Å²) < 4.78 is 0. The fourth-order valence-corrected chi connectivity index (χ4v) is 1.54. The SMILES string of the molecule is C#Cc1ccccc1NC(=O)C(C)CCC. The highest BCUT2D eigenvalue weighted by Gasteiger charge is 2.12. The molecular formula is C14H17NO. The van der Waals surface area contributed by atoms with E-state index in [0.717, 1.165) is 24.1 Å². The van der Waals surface area contributed by atoms with Crippen LogP contribution in [-0.4, -0.2) is 5.91 Å². The van der Waals surface area contributed by atoms with E-state index < -0.39 is 0 Å². The lowest BCUT2D eigenvalue weighted by molar-refractivity contribution is -0.119. The number of benzene rings is 1. The molecule has 1 amide bonds. The number of rotatable bonds is 4. The second kappa shape index (κ2) is 5.97. The lowest BCUT2D eigenvalue weighted by atomic mass is 10.1. The summed E-state index contributed by atoms with van der Waals surface area (Å²) in [5, 5.41) is 2.86. The molecule has 1 aromatic carbocycles. The second-order valence-corrected chi connectivity index (χ2v) is 3.87. The molecule has 84 valence electrons.